The van der Waals surface area contributed by atoms with E-state index in [1.807, 2.05) is 19.1 Å². The first kappa shape index (κ1) is 16.0. The zero-order chi connectivity index (χ0) is 15.1. The molecule has 1 saturated heterocycles. The molecule has 1 fully saturated rings. The van der Waals surface area contributed by atoms with Crippen LogP contribution in [0.1, 0.15) is 25.5 Å². The number of carbonyl (C=O) groups is 1. The van der Waals surface area contributed by atoms with Gasteiger partial charge >= 0.3 is 0 Å². The summed E-state index contributed by atoms with van der Waals surface area (Å²) in [5.74, 6) is 0.803. The van der Waals surface area contributed by atoms with E-state index in [9.17, 15) is 4.79 Å². The van der Waals surface area contributed by atoms with Crippen molar-refractivity contribution < 1.29 is 13.9 Å². The first-order valence-corrected chi connectivity index (χ1v) is 7.56. The highest BCUT2D eigenvalue weighted by molar-refractivity contribution is 5.81. The van der Waals surface area contributed by atoms with Gasteiger partial charge in [0.15, 0.2) is 0 Å². The van der Waals surface area contributed by atoms with Crippen molar-refractivity contribution in [1.29, 1.82) is 0 Å². The van der Waals surface area contributed by atoms with Crippen molar-refractivity contribution in [3.8, 4) is 0 Å². The second-order valence-electron chi connectivity index (χ2n) is 5.37. The van der Waals surface area contributed by atoms with Crippen molar-refractivity contribution in [3.05, 3.63) is 24.2 Å². The van der Waals surface area contributed by atoms with Crippen LogP contribution in [0, 0.1) is 0 Å². The molecule has 2 rings (SSSR count). The van der Waals surface area contributed by atoms with Crippen LogP contribution < -0.4 is 11.1 Å². The van der Waals surface area contributed by atoms with Gasteiger partial charge in [0.25, 0.3) is 0 Å². The Bertz CT molecular complexity index is 414. The fourth-order valence-corrected chi connectivity index (χ4v) is 2.57. The number of piperidine rings is 1. The molecule has 1 aromatic rings. The summed E-state index contributed by atoms with van der Waals surface area (Å²) < 4.78 is 10.9. The van der Waals surface area contributed by atoms with Crippen molar-refractivity contribution in [1.82, 2.24) is 10.2 Å². The summed E-state index contributed by atoms with van der Waals surface area (Å²) in [7, 11) is 0. The Balaban J connectivity index is 1.70. The zero-order valence-corrected chi connectivity index (χ0v) is 12.6. The van der Waals surface area contributed by atoms with Crippen LogP contribution in [0.3, 0.4) is 0 Å². The highest BCUT2D eigenvalue weighted by atomic mass is 16.5. The van der Waals surface area contributed by atoms with Gasteiger partial charge in [-0.3, -0.25) is 9.69 Å². The number of nitrogens with zero attached hydrogens (tertiary/aromatic N) is 1. The van der Waals surface area contributed by atoms with Gasteiger partial charge in [-0.25, -0.2) is 0 Å². The molecular formula is C15H25N3O3. The molecule has 21 heavy (non-hydrogen) atoms. The Hall–Kier alpha value is -1.37. The smallest absolute Gasteiger partial charge is 0.237 e. The lowest BCUT2D eigenvalue weighted by atomic mass is 10.1. The van der Waals surface area contributed by atoms with E-state index in [0.717, 1.165) is 31.7 Å². The van der Waals surface area contributed by atoms with Crippen molar-refractivity contribution in [2.24, 2.45) is 5.73 Å². The van der Waals surface area contributed by atoms with Crippen LogP contribution in [-0.4, -0.2) is 49.2 Å². The number of carbonyl (C=O) groups excluding carboxylic acids is 1. The predicted molar refractivity (Wildman–Crippen MR) is 79.6 cm³/mol. The van der Waals surface area contributed by atoms with Gasteiger partial charge < -0.3 is 20.2 Å². The van der Waals surface area contributed by atoms with Crippen LogP contribution in [-0.2, 0) is 16.1 Å². The average Bonchev–Trinajstić information content (AvgIpc) is 3.04. The van der Waals surface area contributed by atoms with E-state index in [4.69, 9.17) is 14.9 Å². The number of amides is 1. The molecule has 6 nitrogen and oxygen atoms in total. The maximum absolute atomic E-state index is 12.1. The third kappa shape index (κ3) is 4.84. The minimum atomic E-state index is -0.129. The number of hydrogen-bond donors (Lipinski definition) is 2. The maximum Gasteiger partial charge on any atom is 0.237 e. The molecule has 0 bridgehead atoms. The summed E-state index contributed by atoms with van der Waals surface area (Å²) >= 11 is 0. The van der Waals surface area contributed by atoms with Gasteiger partial charge in [-0.1, -0.05) is 0 Å². The molecule has 1 atom stereocenters. The Labute approximate surface area is 125 Å². The van der Waals surface area contributed by atoms with E-state index < -0.39 is 0 Å². The molecule has 0 saturated carbocycles. The van der Waals surface area contributed by atoms with E-state index in [0.29, 0.717) is 19.7 Å². The Morgan fingerprint density at radius 3 is 2.95 bits per heavy atom. The summed E-state index contributed by atoms with van der Waals surface area (Å²) in [4.78, 5) is 14.3. The number of ether oxygens (including phenoxy) is 1. The lowest BCUT2D eigenvalue weighted by Crippen LogP contribution is -2.49. The normalized spacial score (nSPS) is 18.6. The first-order chi connectivity index (χ1) is 10.2. The molecule has 1 aliphatic rings. The third-order valence-corrected chi connectivity index (χ3v) is 3.89. The van der Waals surface area contributed by atoms with E-state index in [1.165, 1.54) is 0 Å². The highest BCUT2D eigenvalue weighted by Crippen LogP contribution is 2.16. The van der Waals surface area contributed by atoms with E-state index in [1.54, 1.807) is 6.26 Å². The number of rotatable bonds is 7. The van der Waals surface area contributed by atoms with Gasteiger partial charge in [-0.05, 0) is 31.9 Å². The lowest BCUT2D eigenvalue weighted by molar-refractivity contribution is -0.127. The number of likely N-dealkylation sites (tertiary alicyclic amines) is 1. The van der Waals surface area contributed by atoms with E-state index in [-0.39, 0.29) is 18.1 Å². The predicted octanol–water partition coefficient (Wildman–Crippen LogP) is 0.724. The summed E-state index contributed by atoms with van der Waals surface area (Å²) in [6, 6.07) is 3.54. The average molecular weight is 295 g/mol. The largest absolute Gasteiger partial charge is 0.467 e. The molecule has 118 valence electrons. The molecule has 0 aromatic carbocycles. The van der Waals surface area contributed by atoms with Crippen molar-refractivity contribution >= 4 is 5.91 Å². The van der Waals surface area contributed by atoms with Crippen LogP contribution in [0.5, 0.6) is 0 Å². The molecule has 0 radical (unpaired) electrons. The summed E-state index contributed by atoms with van der Waals surface area (Å²) in [5.41, 5.74) is 5.44. The minimum Gasteiger partial charge on any atom is -0.467 e. The number of furan rings is 1. The third-order valence-electron chi connectivity index (χ3n) is 3.89. The second-order valence-corrected chi connectivity index (χ2v) is 5.37. The van der Waals surface area contributed by atoms with Gasteiger partial charge in [-0.2, -0.15) is 0 Å². The van der Waals surface area contributed by atoms with Gasteiger partial charge in [-0.15, -0.1) is 0 Å². The number of hydrogen-bond acceptors (Lipinski definition) is 5. The molecule has 6 heteroatoms. The van der Waals surface area contributed by atoms with Crippen LogP contribution in [0.2, 0.25) is 0 Å². The molecule has 1 aliphatic heterocycles. The Morgan fingerprint density at radius 1 is 1.57 bits per heavy atom. The molecular weight excluding hydrogens is 270 g/mol. The lowest BCUT2D eigenvalue weighted by Gasteiger charge is -2.35. The van der Waals surface area contributed by atoms with Crippen molar-refractivity contribution in [3.63, 3.8) is 0 Å². The maximum atomic E-state index is 12.1. The Kier molecular flexibility index (Phi) is 6.22. The number of nitrogens with two attached hydrogens (primary N) is 1. The highest BCUT2D eigenvalue weighted by Gasteiger charge is 2.26. The molecule has 1 amide bonds. The fourth-order valence-electron chi connectivity index (χ4n) is 2.57. The molecule has 1 unspecified atom stereocenters. The molecule has 0 spiro atoms. The van der Waals surface area contributed by atoms with Crippen molar-refractivity contribution in [2.75, 3.05) is 26.2 Å². The summed E-state index contributed by atoms with van der Waals surface area (Å²) in [6.45, 7) is 5.32. The first-order valence-electron chi connectivity index (χ1n) is 7.56. The molecule has 2 heterocycles. The van der Waals surface area contributed by atoms with E-state index in [2.05, 4.69) is 10.2 Å². The number of nitrogens with one attached hydrogen (secondary N) is 1. The topological polar surface area (TPSA) is 80.7 Å². The molecule has 1 aromatic heterocycles. The second kappa shape index (κ2) is 8.17. The minimum absolute atomic E-state index is 0.0349. The van der Waals surface area contributed by atoms with Crippen LogP contribution in [0.25, 0.3) is 0 Å². The van der Waals surface area contributed by atoms with Crippen LogP contribution in [0.4, 0.5) is 0 Å². The standard InChI is InChI=1S/C15H25N3O3/c1-12(15(19)17-11-14-3-2-9-20-14)18-7-4-13(5-8-18)21-10-6-16/h2-3,9,12-13H,4-8,10-11,16H2,1H3,(H,17,19). The molecule has 3 N–H and O–H groups in total. The fraction of sp³-hybridized carbons (Fsp3) is 0.667. The van der Waals surface area contributed by atoms with Gasteiger partial charge in [0, 0.05) is 19.6 Å². The van der Waals surface area contributed by atoms with Gasteiger partial charge in [0.1, 0.15) is 5.76 Å². The van der Waals surface area contributed by atoms with Gasteiger partial charge in [0.05, 0.1) is 31.6 Å². The Morgan fingerprint density at radius 2 is 2.33 bits per heavy atom. The van der Waals surface area contributed by atoms with Crippen LogP contribution >= 0.6 is 0 Å². The monoisotopic (exact) mass is 295 g/mol. The van der Waals surface area contributed by atoms with E-state index >= 15 is 0 Å². The summed E-state index contributed by atoms with van der Waals surface area (Å²) in [5, 5.41) is 2.91. The SMILES string of the molecule is CC(C(=O)NCc1ccco1)N1CCC(OCCN)CC1. The quantitative estimate of drug-likeness (QED) is 0.775. The zero-order valence-electron chi connectivity index (χ0n) is 12.6. The summed E-state index contributed by atoms with van der Waals surface area (Å²) in [6.07, 6.45) is 3.80. The van der Waals surface area contributed by atoms with Gasteiger partial charge in [0.2, 0.25) is 5.91 Å². The molecule has 0 aliphatic carbocycles. The van der Waals surface area contributed by atoms with Crippen molar-refractivity contribution in [2.45, 2.75) is 38.5 Å². The van der Waals surface area contributed by atoms with Crippen LogP contribution in [0.15, 0.2) is 22.8 Å².